The minimum absolute atomic E-state index is 0.0396. The number of aromatic nitrogens is 2. The van der Waals surface area contributed by atoms with Crippen molar-refractivity contribution in [2.45, 2.75) is 89.9 Å². The highest BCUT2D eigenvalue weighted by molar-refractivity contribution is 6.86. The van der Waals surface area contributed by atoms with E-state index in [0.29, 0.717) is 17.8 Å². The molecule has 2 aliphatic heterocycles. The highest BCUT2D eigenvalue weighted by Gasteiger charge is 2.56. The number of benzene rings is 2. The van der Waals surface area contributed by atoms with Gasteiger partial charge in [0.05, 0.1) is 23.8 Å². The Morgan fingerprint density at radius 1 is 1.00 bits per heavy atom. The van der Waals surface area contributed by atoms with E-state index in [4.69, 9.17) is 17.4 Å². The molecule has 2 aliphatic rings. The number of amides is 1. The van der Waals surface area contributed by atoms with Crippen molar-refractivity contribution in [2.24, 2.45) is 5.92 Å². The van der Waals surface area contributed by atoms with Gasteiger partial charge in [0.15, 0.2) is 16.6 Å². The van der Waals surface area contributed by atoms with Crippen molar-refractivity contribution < 1.29 is 27.3 Å². The number of fused-ring (bicyclic) bond motifs is 1. The molecule has 0 saturated carbocycles. The molecule has 49 heavy (non-hydrogen) atoms. The van der Waals surface area contributed by atoms with E-state index >= 15 is 0 Å². The summed E-state index contributed by atoms with van der Waals surface area (Å²) in [4.78, 5) is 34.4. The Hall–Kier alpha value is -3.22. The molecule has 3 aromatic rings. The van der Waals surface area contributed by atoms with Crippen molar-refractivity contribution in [3.05, 3.63) is 100.0 Å². The summed E-state index contributed by atoms with van der Waals surface area (Å²) in [6.07, 6.45) is 2.09. The number of hydrogen-bond donors (Lipinski definition) is 3. The summed E-state index contributed by atoms with van der Waals surface area (Å²) >= 11 is 0. The second-order valence-electron chi connectivity index (χ2n) is 14.9. The lowest BCUT2D eigenvalue weighted by atomic mass is 10.0. The first kappa shape index (κ1) is 37.0. The van der Waals surface area contributed by atoms with Crippen LogP contribution in [0.15, 0.2) is 77.7 Å². The van der Waals surface area contributed by atoms with Gasteiger partial charge in [-0.1, -0.05) is 80.6 Å². The average Bonchev–Trinajstić information content (AvgIpc) is 3.39. The molecule has 264 valence electrons. The summed E-state index contributed by atoms with van der Waals surface area (Å²) in [6.45, 7) is 16.4. The zero-order chi connectivity index (χ0) is 35.6. The number of nitrogens with zero attached hydrogens (tertiary/aromatic N) is 2. The number of nitrogens with one attached hydrogen (secondary N) is 2. The van der Waals surface area contributed by atoms with Crippen molar-refractivity contribution in [2.75, 3.05) is 16.8 Å². The van der Waals surface area contributed by atoms with Crippen molar-refractivity contribution >= 4 is 43.1 Å². The van der Waals surface area contributed by atoms with Gasteiger partial charge in [0.25, 0.3) is 5.56 Å². The van der Waals surface area contributed by atoms with Gasteiger partial charge < -0.3 is 27.4 Å². The topological polar surface area (TPSA) is 135 Å². The monoisotopic (exact) mass is 722 g/mol. The SMILES string of the molecule is CC(C)C(=O)Nc1nc2c(c(=O)[nH]1)CC=CN2[C@H]1CC(O)[C@@H](CO[Si](O[Si](C)(C)C)(O[Si](C)(C)C)C(c2ccccc2)c2ccccc2)O1. The zero-order valence-corrected chi connectivity index (χ0v) is 32.7. The largest absolute Gasteiger partial charge is 0.492 e. The van der Waals surface area contributed by atoms with E-state index in [2.05, 4.69) is 78.8 Å². The number of hydrogen-bond acceptors (Lipinski definition) is 9. The Bertz CT molecular complexity index is 1620. The maximum absolute atomic E-state index is 13.0. The van der Waals surface area contributed by atoms with Gasteiger partial charge in [-0.2, -0.15) is 4.98 Å². The highest BCUT2D eigenvalue weighted by Crippen LogP contribution is 2.40. The van der Waals surface area contributed by atoms with Crippen molar-refractivity contribution in [1.29, 1.82) is 0 Å². The quantitative estimate of drug-likeness (QED) is 0.189. The van der Waals surface area contributed by atoms with Crippen LogP contribution in [0.2, 0.25) is 39.3 Å². The molecule has 1 aromatic heterocycles. The number of aliphatic hydroxyl groups excluding tert-OH is 1. The minimum Gasteiger partial charge on any atom is -0.416 e. The van der Waals surface area contributed by atoms with Gasteiger partial charge in [-0.25, -0.2) is 0 Å². The normalized spacial score (nSPS) is 19.8. The maximum Gasteiger partial charge on any atom is 0.492 e. The molecule has 1 fully saturated rings. The van der Waals surface area contributed by atoms with Crippen LogP contribution >= 0.6 is 0 Å². The van der Waals surface area contributed by atoms with Crippen molar-refractivity contribution in [3.63, 3.8) is 0 Å². The first-order valence-corrected chi connectivity index (χ1v) is 25.5. The summed E-state index contributed by atoms with van der Waals surface area (Å²) in [5.74, 6) is -0.105. The molecule has 1 saturated heterocycles. The molecule has 0 aliphatic carbocycles. The van der Waals surface area contributed by atoms with E-state index in [-0.39, 0.29) is 41.9 Å². The molecule has 3 heterocycles. The first-order valence-electron chi connectivity index (χ1n) is 16.9. The van der Waals surface area contributed by atoms with Crippen molar-refractivity contribution in [1.82, 2.24) is 9.97 Å². The van der Waals surface area contributed by atoms with E-state index < -0.39 is 43.9 Å². The van der Waals surface area contributed by atoms with Crippen LogP contribution in [0.5, 0.6) is 0 Å². The Morgan fingerprint density at radius 3 is 2.10 bits per heavy atom. The summed E-state index contributed by atoms with van der Waals surface area (Å²) in [5.41, 5.74) is 1.88. The molecule has 1 unspecified atom stereocenters. The van der Waals surface area contributed by atoms with Crippen LogP contribution in [0.4, 0.5) is 11.8 Å². The number of ether oxygens (including phenoxy) is 1. The van der Waals surface area contributed by atoms with Crippen LogP contribution in [0.1, 0.15) is 42.5 Å². The standard InChI is InChI=1S/C35H50N4O7Si3/c1-24(2)33(41)37-35-36-32-27(34(42)38-35)20-15-21-39(32)30-22-28(40)29(44-30)23-43-49(45-47(3,4)5,46-48(6,7)8)31(25-16-11-9-12-17-25)26-18-13-10-14-19-26/h9-19,21,24,28-31,40H,20,22-23H2,1-8H3,(H2,36,37,38,41,42)/t28?,29-,30-/m1/s1. The van der Waals surface area contributed by atoms with Gasteiger partial charge in [0, 0.05) is 25.0 Å². The fourth-order valence-corrected chi connectivity index (χ4v) is 16.6. The van der Waals surface area contributed by atoms with E-state index in [1.807, 2.05) is 48.7 Å². The van der Waals surface area contributed by atoms with E-state index in [1.165, 1.54) is 0 Å². The lowest BCUT2D eigenvalue weighted by Gasteiger charge is -2.44. The third kappa shape index (κ3) is 9.12. The number of allylic oxidation sites excluding steroid dienone is 1. The van der Waals surface area contributed by atoms with Gasteiger partial charge in [0.1, 0.15) is 18.1 Å². The fraction of sp³-hybridized carbons (Fsp3) is 0.457. The molecular formula is C35H50N4O7Si3. The van der Waals surface area contributed by atoms with Crippen LogP contribution < -0.4 is 15.8 Å². The lowest BCUT2D eigenvalue weighted by Crippen LogP contribution is -2.61. The zero-order valence-electron chi connectivity index (χ0n) is 29.7. The minimum atomic E-state index is -3.63. The van der Waals surface area contributed by atoms with Crippen LogP contribution in [0.3, 0.4) is 0 Å². The molecule has 0 bridgehead atoms. The van der Waals surface area contributed by atoms with E-state index in [0.717, 1.165) is 11.1 Å². The maximum atomic E-state index is 13.0. The Balaban J connectivity index is 1.47. The molecule has 0 radical (unpaired) electrons. The third-order valence-electron chi connectivity index (χ3n) is 8.07. The number of H-pyrrole nitrogens is 1. The predicted molar refractivity (Wildman–Crippen MR) is 198 cm³/mol. The van der Waals surface area contributed by atoms with Gasteiger partial charge >= 0.3 is 8.80 Å². The van der Waals surface area contributed by atoms with Crippen LogP contribution in [0.25, 0.3) is 0 Å². The van der Waals surface area contributed by atoms with Gasteiger partial charge in [-0.05, 0) is 50.4 Å². The number of rotatable bonds is 13. The number of aromatic amines is 1. The van der Waals surface area contributed by atoms with Crippen LogP contribution in [-0.4, -0.2) is 71.5 Å². The lowest BCUT2D eigenvalue weighted by molar-refractivity contribution is -0.118. The summed E-state index contributed by atoms with van der Waals surface area (Å²) in [5, 5.41) is 14.1. The Morgan fingerprint density at radius 2 is 1.57 bits per heavy atom. The smallest absolute Gasteiger partial charge is 0.416 e. The summed E-state index contributed by atoms with van der Waals surface area (Å²) in [6, 6.07) is 20.4. The van der Waals surface area contributed by atoms with Gasteiger partial charge in [-0.15, -0.1) is 0 Å². The molecule has 11 nitrogen and oxygen atoms in total. The predicted octanol–water partition coefficient (Wildman–Crippen LogP) is 5.75. The molecule has 5 rings (SSSR count). The molecule has 0 spiro atoms. The summed E-state index contributed by atoms with van der Waals surface area (Å²) < 4.78 is 27.9. The molecule has 1 amide bonds. The Labute approximate surface area is 292 Å². The number of anilines is 2. The number of carbonyl (C=O) groups excluding carboxylic acids is 1. The van der Waals surface area contributed by atoms with E-state index in [1.54, 1.807) is 18.7 Å². The molecule has 3 N–H and O–H groups in total. The molecule has 14 heteroatoms. The van der Waals surface area contributed by atoms with E-state index in [9.17, 15) is 14.7 Å². The summed E-state index contributed by atoms with van der Waals surface area (Å²) in [7, 11) is -8.19. The van der Waals surface area contributed by atoms with Crippen molar-refractivity contribution in [3.8, 4) is 0 Å². The number of aliphatic hydroxyl groups is 1. The number of carbonyl (C=O) groups is 1. The van der Waals surface area contributed by atoms with Gasteiger partial charge in [0.2, 0.25) is 11.9 Å². The molecule has 3 atom stereocenters. The second-order valence-corrected chi connectivity index (χ2v) is 27.0. The average molecular weight is 723 g/mol. The first-order chi connectivity index (χ1) is 23.1. The highest BCUT2D eigenvalue weighted by atomic mass is 28.5. The van der Waals surface area contributed by atoms with Gasteiger partial charge in [-0.3, -0.25) is 19.9 Å². The molecule has 2 aromatic carbocycles. The van der Waals surface area contributed by atoms with Crippen LogP contribution in [-0.2, 0) is 28.6 Å². The molecular weight excluding hydrogens is 673 g/mol. The third-order valence-corrected chi connectivity index (χ3v) is 17.2. The second kappa shape index (κ2) is 14.9. The fourth-order valence-electron chi connectivity index (χ4n) is 6.05. The van der Waals surface area contributed by atoms with Crippen LogP contribution in [0, 0.1) is 5.92 Å². The Kier molecular flexibility index (Phi) is 11.3.